The smallest absolute Gasteiger partial charge is 0.240 e. The molecule has 20 heavy (non-hydrogen) atoms. The molecule has 2 rings (SSSR count). The average Bonchev–Trinajstić information content (AvgIpc) is 2.69. The zero-order valence-electron chi connectivity index (χ0n) is 12.4. The Kier molecular flexibility index (Phi) is 3.65. The van der Waals surface area contributed by atoms with Crippen molar-refractivity contribution in [3.8, 4) is 11.5 Å². The zero-order valence-corrected chi connectivity index (χ0v) is 12.4. The number of amides is 1. The number of likely N-dealkylation sites (N-methyl/N-ethyl adjacent to an activating group) is 1. The summed E-state index contributed by atoms with van der Waals surface area (Å²) < 4.78 is 11.7. The van der Waals surface area contributed by atoms with Gasteiger partial charge in [0.15, 0.2) is 11.5 Å². The summed E-state index contributed by atoms with van der Waals surface area (Å²) in [6.45, 7) is 5.94. The van der Waals surface area contributed by atoms with Crippen LogP contribution in [0.2, 0.25) is 0 Å². The summed E-state index contributed by atoms with van der Waals surface area (Å²) in [5.74, 6) is 0.963. The van der Waals surface area contributed by atoms with Crippen molar-refractivity contribution < 1.29 is 14.3 Å². The van der Waals surface area contributed by atoms with Gasteiger partial charge in [-0.2, -0.15) is 0 Å². The van der Waals surface area contributed by atoms with Crippen molar-refractivity contribution >= 4 is 5.91 Å². The lowest BCUT2D eigenvalue weighted by atomic mass is 10.0. The van der Waals surface area contributed by atoms with E-state index >= 15 is 0 Å². The minimum absolute atomic E-state index is 0.152. The van der Waals surface area contributed by atoms with Gasteiger partial charge in [0, 0.05) is 12.0 Å². The number of carbonyl (C=O) groups excluding carboxylic acids is 1. The Morgan fingerprint density at radius 2 is 2.25 bits per heavy atom. The third-order valence-corrected chi connectivity index (χ3v) is 3.67. The molecule has 5 heteroatoms. The number of fused-ring (bicyclic) bond motifs is 1. The number of rotatable bonds is 5. The fourth-order valence-corrected chi connectivity index (χ4v) is 2.19. The molecule has 1 aromatic rings. The van der Waals surface area contributed by atoms with Gasteiger partial charge in [0.05, 0.1) is 0 Å². The summed E-state index contributed by atoms with van der Waals surface area (Å²) >= 11 is 0. The first-order chi connectivity index (χ1) is 9.27. The molecule has 0 radical (unpaired) electrons. The number of nitrogens with one attached hydrogen (secondary N) is 1. The highest BCUT2D eigenvalue weighted by Crippen LogP contribution is 2.41. The van der Waals surface area contributed by atoms with E-state index < -0.39 is 11.4 Å². The van der Waals surface area contributed by atoms with E-state index in [0.29, 0.717) is 5.75 Å². The first-order valence-electron chi connectivity index (χ1n) is 6.70. The summed E-state index contributed by atoms with van der Waals surface area (Å²) in [7, 11) is 1.68. The van der Waals surface area contributed by atoms with E-state index in [1.54, 1.807) is 14.0 Å². The van der Waals surface area contributed by atoms with E-state index in [4.69, 9.17) is 15.2 Å². The molecule has 110 valence electrons. The summed E-state index contributed by atoms with van der Waals surface area (Å²) in [5, 5.41) is 2.89. The van der Waals surface area contributed by atoms with Crippen LogP contribution in [0.5, 0.6) is 11.5 Å². The SMILES string of the molecule is CNC(C)(COc1cccc2c1OC(C)(C)C2)C(N)=O. The topological polar surface area (TPSA) is 73.6 Å². The monoisotopic (exact) mass is 278 g/mol. The van der Waals surface area contributed by atoms with Crippen LogP contribution in [0.25, 0.3) is 0 Å². The molecule has 0 aliphatic carbocycles. The average molecular weight is 278 g/mol. The highest BCUT2D eigenvalue weighted by molar-refractivity contribution is 5.84. The summed E-state index contributed by atoms with van der Waals surface area (Å²) in [6.07, 6.45) is 0.846. The second kappa shape index (κ2) is 4.98. The molecule has 1 aromatic carbocycles. The van der Waals surface area contributed by atoms with Crippen LogP contribution >= 0.6 is 0 Å². The lowest BCUT2D eigenvalue weighted by Gasteiger charge is -2.26. The highest BCUT2D eigenvalue weighted by atomic mass is 16.5. The molecule has 0 bridgehead atoms. The van der Waals surface area contributed by atoms with E-state index in [1.165, 1.54) is 0 Å². The van der Waals surface area contributed by atoms with E-state index in [-0.39, 0.29) is 12.2 Å². The molecular formula is C15H22N2O3. The molecule has 1 amide bonds. The number of hydrogen-bond acceptors (Lipinski definition) is 4. The lowest BCUT2D eigenvalue weighted by Crippen LogP contribution is -2.55. The van der Waals surface area contributed by atoms with Crippen LogP contribution in [0.1, 0.15) is 26.3 Å². The Hall–Kier alpha value is -1.75. The number of nitrogens with two attached hydrogens (primary N) is 1. The molecule has 1 aliphatic rings. The van der Waals surface area contributed by atoms with Gasteiger partial charge in [-0.25, -0.2) is 0 Å². The Labute approximate surface area is 119 Å². The molecule has 0 saturated heterocycles. The van der Waals surface area contributed by atoms with Crippen LogP contribution in [0.3, 0.4) is 0 Å². The van der Waals surface area contributed by atoms with Crippen LogP contribution in [0.15, 0.2) is 18.2 Å². The predicted molar refractivity (Wildman–Crippen MR) is 77.0 cm³/mol. The van der Waals surface area contributed by atoms with Gasteiger partial charge in [0.25, 0.3) is 0 Å². The largest absolute Gasteiger partial charge is 0.487 e. The van der Waals surface area contributed by atoms with Crippen LogP contribution in [-0.4, -0.2) is 30.7 Å². The van der Waals surface area contributed by atoms with Gasteiger partial charge in [-0.1, -0.05) is 12.1 Å². The third kappa shape index (κ3) is 2.72. The van der Waals surface area contributed by atoms with Crippen molar-refractivity contribution in [3.05, 3.63) is 23.8 Å². The van der Waals surface area contributed by atoms with Gasteiger partial charge in [-0.05, 0) is 33.9 Å². The number of para-hydroxylation sites is 1. The van der Waals surface area contributed by atoms with Gasteiger partial charge in [-0.3, -0.25) is 4.79 Å². The third-order valence-electron chi connectivity index (χ3n) is 3.67. The fourth-order valence-electron chi connectivity index (χ4n) is 2.19. The molecule has 5 nitrogen and oxygen atoms in total. The number of ether oxygens (including phenoxy) is 2. The maximum absolute atomic E-state index is 11.5. The molecule has 1 aliphatic heterocycles. The maximum atomic E-state index is 11.5. The molecule has 0 aromatic heterocycles. The van der Waals surface area contributed by atoms with Crippen molar-refractivity contribution in [2.75, 3.05) is 13.7 Å². The standard InChI is InChI=1S/C15H22N2O3/c1-14(2)8-10-6-5-7-11(12(10)20-14)19-9-15(3,17-4)13(16)18/h5-7,17H,8-9H2,1-4H3,(H2,16,18). The number of hydrogen-bond donors (Lipinski definition) is 2. The zero-order chi connectivity index (χ0) is 15.0. The second-order valence-electron chi connectivity index (χ2n) is 6.02. The van der Waals surface area contributed by atoms with Crippen molar-refractivity contribution in [1.82, 2.24) is 5.32 Å². The van der Waals surface area contributed by atoms with E-state index in [0.717, 1.165) is 17.7 Å². The van der Waals surface area contributed by atoms with E-state index in [1.807, 2.05) is 32.0 Å². The van der Waals surface area contributed by atoms with Crippen molar-refractivity contribution in [2.45, 2.75) is 38.3 Å². The number of primary amides is 1. The first-order valence-corrected chi connectivity index (χ1v) is 6.70. The molecule has 3 N–H and O–H groups in total. The quantitative estimate of drug-likeness (QED) is 0.850. The number of carbonyl (C=O) groups is 1. The van der Waals surface area contributed by atoms with Crippen LogP contribution in [0, 0.1) is 0 Å². The summed E-state index contributed by atoms with van der Waals surface area (Å²) in [4.78, 5) is 11.5. The lowest BCUT2D eigenvalue weighted by molar-refractivity contribution is -0.124. The minimum Gasteiger partial charge on any atom is -0.487 e. The molecular weight excluding hydrogens is 256 g/mol. The second-order valence-corrected chi connectivity index (χ2v) is 6.02. The van der Waals surface area contributed by atoms with Gasteiger partial charge in [0.2, 0.25) is 5.91 Å². The minimum atomic E-state index is -0.906. The Balaban J connectivity index is 2.17. The molecule has 0 spiro atoms. The molecule has 0 fully saturated rings. The molecule has 1 unspecified atom stereocenters. The summed E-state index contributed by atoms with van der Waals surface area (Å²) in [5.41, 5.74) is 5.38. The van der Waals surface area contributed by atoms with Crippen molar-refractivity contribution in [1.29, 1.82) is 0 Å². The molecule has 1 atom stereocenters. The van der Waals surface area contributed by atoms with Gasteiger partial charge < -0.3 is 20.5 Å². The first kappa shape index (κ1) is 14.7. The Bertz CT molecular complexity index is 528. The van der Waals surface area contributed by atoms with Gasteiger partial charge >= 0.3 is 0 Å². The van der Waals surface area contributed by atoms with Crippen molar-refractivity contribution in [3.63, 3.8) is 0 Å². The van der Waals surface area contributed by atoms with Gasteiger partial charge in [0.1, 0.15) is 17.7 Å². The van der Waals surface area contributed by atoms with E-state index in [2.05, 4.69) is 5.32 Å². The van der Waals surface area contributed by atoms with Crippen molar-refractivity contribution in [2.24, 2.45) is 5.73 Å². The summed E-state index contributed by atoms with van der Waals surface area (Å²) in [6, 6.07) is 5.81. The highest BCUT2D eigenvalue weighted by Gasteiger charge is 2.34. The number of benzene rings is 1. The Morgan fingerprint density at radius 1 is 1.55 bits per heavy atom. The maximum Gasteiger partial charge on any atom is 0.240 e. The van der Waals surface area contributed by atoms with Gasteiger partial charge in [-0.15, -0.1) is 0 Å². The fraction of sp³-hybridized carbons (Fsp3) is 0.533. The van der Waals surface area contributed by atoms with Crippen LogP contribution < -0.4 is 20.5 Å². The Morgan fingerprint density at radius 3 is 2.85 bits per heavy atom. The van der Waals surface area contributed by atoms with Crippen LogP contribution in [-0.2, 0) is 11.2 Å². The molecule has 0 saturated carbocycles. The normalized spacial score (nSPS) is 18.8. The predicted octanol–water partition coefficient (Wildman–Crippen LogP) is 1.24. The van der Waals surface area contributed by atoms with Crippen LogP contribution in [0.4, 0.5) is 0 Å². The van der Waals surface area contributed by atoms with E-state index in [9.17, 15) is 4.79 Å². The molecule has 1 heterocycles.